The molecule has 0 radical (unpaired) electrons. The summed E-state index contributed by atoms with van der Waals surface area (Å²) >= 11 is 0. The summed E-state index contributed by atoms with van der Waals surface area (Å²) in [6.45, 7) is 4.10. The number of halogens is 4. The number of alkyl halides is 3. The average molecular weight is 534 g/mol. The van der Waals surface area contributed by atoms with Crippen molar-refractivity contribution >= 4 is 41.9 Å². The zero-order chi connectivity index (χ0) is 20.9. The number of carbonyl (C=O) groups is 2. The largest absolute Gasteiger partial charge is 0.401 e. The van der Waals surface area contributed by atoms with E-state index in [-0.39, 0.29) is 48.5 Å². The van der Waals surface area contributed by atoms with Gasteiger partial charge < -0.3 is 16.0 Å². The van der Waals surface area contributed by atoms with Crippen molar-refractivity contribution in [1.82, 2.24) is 25.8 Å². The zero-order valence-corrected chi connectivity index (χ0v) is 19.3. The van der Waals surface area contributed by atoms with Gasteiger partial charge in [0.05, 0.1) is 6.54 Å². The first-order valence-electron chi connectivity index (χ1n) is 9.48. The van der Waals surface area contributed by atoms with Gasteiger partial charge in [0.15, 0.2) is 5.96 Å². The molecular weight excluding hydrogens is 504 g/mol. The van der Waals surface area contributed by atoms with Crippen molar-refractivity contribution in [3.8, 4) is 0 Å². The van der Waals surface area contributed by atoms with Crippen LogP contribution in [0, 0.1) is 0 Å². The SMILES string of the molecule is CCC1(C)NC(=O)N(CCCNC(=NC)NC2CCN(CC(F)(F)F)C2)C1=O.I. The number of aliphatic imine (C=N–C) groups is 1. The highest BCUT2D eigenvalue weighted by molar-refractivity contribution is 14.0. The summed E-state index contributed by atoms with van der Waals surface area (Å²) in [4.78, 5) is 30.9. The Morgan fingerprint density at radius 3 is 2.62 bits per heavy atom. The topological polar surface area (TPSA) is 89.1 Å². The van der Waals surface area contributed by atoms with Crippen LogP contribution in [0.2, 0.25) is 0 Å². The lowest BCUT2D eigenvalue weighted by Gasteiger charge is -2.20. The Hall–Kier alpha value is -1.31. The summed E-state index contributed by atoms with van der Waals surface area (Å²) < 4.78 is 37.4. The van der Waals surface area contributed by atoms with Crippen LogP contribution in [0.4, 0.5) is 18.0 Å². The van der Waals surface area contributed by atoms with Gasteiger partial charge in [0.25, 0.3) is 5.91 Å². The highest BCUT2D eigenvalue weighted by atomic mass is 127. The van der Waals surface area contributed by atoms with Crippen LogP contribution in [0.15, 0.2) is 4.99 Å². The number of imide groups is 1. The fraction of sp³-hybridized carbons (Fsp3) is 0.824. The van der Waals surface area contributed by atoms with Gasteiger partial charge in [0.2, 0.25) is 0 Å². The molecule has 168 valence electrons. The molecule has 12 heteroatoms. The lowest BCUT2D eigenvalue weighted by molar-refractivity contribution is -0.143. The maximum absolute atomic E-state index is 12.5. The summed E-state index contributed by atoms with van der Waals surface area (Å²) in [5.74, 6) is 0.271. The second-order valence-electron chi connectivity index (χ2n) is 7.41. The predicted molar refractivity (Wildman–Crippen MR) is 114 cm³/mol. The standard InChI is InChI=1S/C17H29F3N6O2.HI/c1-4-16(2)13(27)26(15(28)24-16)8-5-7-22-14(21-3)23-12-6-9-25(10-12)11-17(18,19)20;/h12H,4-11H2,1-3H3,(H,24,28)(H2,21,22,23);1H. The van der Waals surface area contributed by atoms with Gasteiger partial charge >= 0.3 is 12.2 Å². The predicted octanol–water partition coefficient (Wildman–Crippen LogP) is 1.52. The van der Waals surface area contributed by atoms with Crippen LogP contribution in [0.25, 0.3) is 0 Å². The number of guanidine groups is 1. The molecule has 0 bridgehead atoms. The summed E-state index contributed by atoms with van der Waals surface area (Å²) in [6, 6.07) is -0.489. The van der Waals surface area contributed by atoms with Gasteiger partial charge in [0, 0.05) is 39.3 Å². The molecular formula is C17H30F3IN6O2. The van der Waals surface area contributed by atoms with Crippen molar-refractivity contribution < 1.29 is 22.8 Å². The van der Waals surface area contributed by atoms with Crippen LogP contribution in [0.1, 0.15) is 33.1 Å². The first-order chi connectivity index (χ1) is 13.1. The number of nitrogens with zero attached hydrogens (tertiary/aromatic N) is 3. The van der Waals surface area contributed by atoms with Gasteiger partial charge in [-0.25, -0.2) is 4.79 Å². The fourth-order valence-electron chi connectivity index (χ4n) is 3.37. The van der Waals surface area contributed by atoms with Crippen molar-refractivity contribution in [2.75, 3.05) is 39.8 Å². The molecule has 0 spiro atoms. The molecule has 0 aromatic rings. The molecule has 0 aromatic carbocycles. The quantitative estimate of drug-likeness (QED) is 0.152. The number of amides is 3. The molecule has 2 saturated heterocycles. The van der Waals surface area contributed by atoms with E-state index in [0.717, 1.165) is 0 Å². The van der Waals surface area contributed by atoms with E-state index >= 15 is 0 Å². The Morgan fingerprint density at radius 1 is 1.38 bits per heavy atom. The molecule has 29 heavy (non-hydrogen) atoms. The lowest BCUT2D eigenvalue weighted by Crippen LogP contribution is -2.46. The van der Waals surface area contributed by atoms with E-state index in [1.54, 1.807) is 14.0 Å². The van der Waals surface area contributed by atoms with E-state index in [1.807, 2.05) is 6.92 Å². The van der Waals surface area contributed by atoms with E-state index in [1.165, 1.54) is 9.80 Å². The van der Waals surface area contributed by atoms with Crippen LogP contribution in [-0.2, 0) is 4.79 Å². The highest BCUT2D eigenvalue weighted by Gasteiger charge is 2.46. The number of likely N-dealkylation sites (tertiary alicyclic amines) is 1. The van der Waals surface area contributed by atoms with Crippen molar-refractivity contribution in [2.45, 2.75) is 50.9 Å². The molecule has 2 heterocycles. The van der Waals surface area contributed by atoms with Crippen LogP contribution in [0.5, 0.6) is 0 Å². The van der Waals surface area contributed by atoms with E-state index in [9.17, 15) is 22.8 Å². The second-order valence-corrected chi connectivity index (χ2v) is 7.41. The van der Waals surface area contributed by atoms with Crippen molar-refractivity contribution in [3.63, 3.8) is 0 Å². The average Bonchev–Trinajstić information content (AvgIpc) is 3.12. The Balaban J connectivity index is 0.00000420. The minimum Gasteiger partial charge on any atom is -0.356 e. The summed E-state index contributed by atoms with van der Waals surface area (Å²) in [7, 11) is 1.59. The van der Waals surface area contributed by atoms with Crippen LogP contribution in [-0.4, -0.2) is 85.2 Å². The maximum Gasteiger partial charge on any atom is 0.401 e. The molecule has 0 aromatic heterocycles. The van der Waals surface area contributed by atoms with E-state index in [0.29, 0.717) is 44.9 Å². The smallest absolute Gasteiger partial charge is 0.356 e. The van der Waals surface area contributed by atoms with E-state index in [4.69, 9.17) is 0 Å². The maximum atomic E-state index is 12.5. The summed E-state index contributed by atoms with van der Waals surface area (Å²) in [6.07, 6.45) is -2.53. The lowest BCUT2D eigenvalue weighted by atomic mass is 9.99. The van der Waals surface area contributed by atoms with Crippen molar-refractivity contribution in [3.05, 3.63) is 0 Å². The Morgan fingerprint density at radius 2 is 2.07 bits per heavy atom. The molecule has 2 unspecified atom stereocenters. The number of hydrogen-bond donors (Lipinski definition) is 3. The molecule has 0 aliphatic carbocycles. The number of carbonyl (C=O) groups excluding carboxylic acids is 2. The molecule has 8 nitrogen and oxygen atoms in total. The Bertz CT molecular complexity index is 618. The van der Waals surface area contributed by atoms with E-state index < -0.39 is 18.3 Å². The third-order valence-corrected chi connectivity index (χ3v) is 5.14. The minimum absolute atomic E-state index is 0. The molecule has 2 aliphatic heterocycles. The normalized spacial score (nSPS) is 25.8. The first kappa shape index (κ1) is 25.7. The van der Waals surface area contributed by atoms with Gasteiger partial charge in [-0.05, 0) is 26.2 Å². The number of urea groups is 1. The molecule has 2 aliphatic rings. The van der Waals surface area contributed by atoms with Crippen molar-refractivity contribution in [1.29, 1.82) is 0 Å². The van der Waals surface area contributed by atoms with Gasteiger partial charge in [-0.3, -0.25) is 19.6 Å². The Kier molecular flexibility index (Phi) is 9.44. The van der Waals surface area contributed by atoms with Crippen molar-refractivity contribution in [2.24, 2.45) is 4.99 Å². The molecule has 2 rings (SSSR count). The number of nitrogens with one attached hydrogen (secondary N) is 3. The van der Waals surface area contributed by atoms with Crippen LogP contribution < -0.4 is 16.0 Å². The number of hydrogen-bond acceptors (Lipinski definition) is 4. The van der Waals surface area contributed by atoms with Gasteiger partial charge in [-0.15, -0.1) is 24.0 Å². The monoisotopic (exact) mass is 534 g/mol. The summed E-state index contributed by atoms with van der Waals surface area (Å²) in [5.41, 5.74) is -0.840. The fourth-order valence-corrected chi connectivity index (χ4v) is 3.37. The minimum atomic E-state index is -4.19. The third-order valence-electron chi connectivity index (χ3n) is 5.14. The third kappa shape index (κ3) is 7.15. The molecule has 3 N–H and O–H groups in total. The second kappa shape index (κ2) is 10.6. The zero-order valence-electron chi connectivity index (χ0n) is 16.9. The number of rotatable bonds is 7. The molecule has 0 saturated carbocycles. The Labute approximate surface area is 186 Å². The molecule has 2 atom stereocenters. The van der Waals surface area contributed by atoms with Crippen LogP contribution >= 0.6 is 24.0 Å². The highest BCUT2D eigenvalue weighted by Crippen LogP contribution is 2.21. The van der Waals surface area contributed by atoms with Gasteiger partial charge in [0.1, 0.15) is 5.54 Å². The first-order valence-corrected chi connectivity index (χ1v) is 9.48. The summed E-state index contributed by atoms with van der Waals surface area (Å²) in [5, 5.41) is 8.90. The van der Waals surface area contributed by atoms with Gasteiger partial charge in [-0.2, -0.15) is 13.2 Å². The van der Waals surface area contributed by atoms with Crippen LogP contribution in [0.3, 0.4) is 0 Å². The molecule has 2 fully saturated rings. The van der Waals surface area contributed by atoms with Gasteiger partial charge in [-0.1, -0.05) is 6.92 Å². The molecule has 3 amide bonds. The van der Waals surface area contributed by atoms with E-state index in [2.05, 4.69) is 20.9 Å².